The quantitative estimate of drug-likeness (QED) is 0.536. The van der Waals surface area contributed by atoms with Gasteiger partial charge in [0.25, 0.3) is 5.91 Å². The Labute approximate surface area is 176 Å². The number of carbonyl (C=O) groups is 1. The highest BCUT2D eigenvalue weighted by atomic mass is 32.2. The van der Waals surface area contributed by atoms with Gasteiger partial charge in [0, 0.05) is 12.4 Å². The van der Waals surface area contributed by atoms with E-state index in [9.17, 15) is 39.6 Å². The molecular formula is C18H12F6N4O3S. The Bertz CT molecular complexity index is 1360. The first kappa shape index (κ1) is 22.0. The van der Waals surface area contributed by atoms with Crippen molar-refractivity contribution in [2.45, 2.75) is 30.8 Å². The Kier molecular flexibility index (Phi) is 4.77. The smallest absolute Gasteiger partial charge is 0.288 e. The third-order valence-electron chi connectivity index (χ3n) is 4.90. The zero-order valence-corrected chi connectivity index (χ0v) is 16.8. The lowest BCUT2D eigenvalue weighted by Gasteiger charge is -2.14. The highest BCUT2D eigenvalue weighted by Gasteiger charge is 2.40. The van der Waals surface area contributed by atoms with Crippen molar-refractivity contribution in [3.63, 3.8) is 0 Å². The minimum Gasteiger partial charge on any atom is -0.288 e. The van der Waals surface area contributed by atoms with E-state index in [4.69, 9.17) is 0 Å². The fourth-order valence-electron chi connectivity index (χ4n) is 3.28. The van der Waals surface area contributed by atoms with Gasteiger partial charge in [-0.15, -0.1) is 0 Å². The Morgan fingerprint density at radius 2 is 1.72 bits per heavy atom. The molecule has 0 aromatic carbocycles. The second kappa shape index (κ2) is 6.92. The molecule has 1 amide bonds. The van der Waals surface area contributed by atoms with Crippen molar-refractivity contribution in [2.75, 3.05) is 10.7 Å². The molecule has 0 bridgehead atoms. The lowest BCUT2D eigenvalue weighted by atomic mass is 10.1. The average Bonchev–Trinajstić information content (AvgIpc) is 3.24. The van der Waals surface area contributed by atoms with Crippen LogP contribution in [0.15, 0.2) is 35.6 Å². The minimum absolute atomic E-state index is 0.0455. The Balaban J connectivity index is 1.91. The van der Waals surface area contributed by atoms with Crippen LogP contribution in [-0.4, -0.2) is 34.4 Å². The number of imidazole rings is 1. The largest absolute Gasteiger partial charge is 0.417 e. The van der Waals surface area contributed by atoms with Crippen LogP contribution in [0.3, 0.4) is 0 Å². The molecule has 32 heavy (non-hydrogen) atoms. The number of halogens is 6. The maximum atomic E-state index is 13.2. The van der Waals surface area contributed by atoms with Crippen LogP contribution in [0, 0.1) is 0 Å². The zero-order chi connectivity index (χ0) is 23.6. The molecule has 0 saturated carbocycles. The summed E-state index contributed by atoms with van der Waals surface area (Å²) in [6, 6.07) is 2.23. The summed E-state index contributed by atoms with van der Waals surface area (Å²) >= 11 is 0. The summed E-state index contributed by atoms with van der Waals surface area (Å²) in [7, 11) is -4.22. The van der Waals surface area contributed by atoms with Gasteiger partial charge in [-0.1, -0.05) is 6.92 Å². The number of hydrogen-bond donors (Lipinski definition) is 0. The first-order valence-corrected chi connectivity index (χ1v) is 10.6. The second-order valence-corrected chi connectivity index (χ2v) is 9.09. The Morgan fingerprint density at radius 3 is 2.31 bits per heavy atom. The van der Waals surface area contributed by atoms with Crippen molar-refractivity contribution in [2.24, 2.45) is 0 Å². The molecule has 3 aromatic rings. The van der Waals surface area contributed by atoms with Crippen molar-refractivity contribution in [3.8, 4) is 0 Å². The van der Waals surface area contributed by atoms with Crippen LogP contribution in [0.25, 0.3) is 5.65 Å². The molecule has 0 aliphatic carbocycles. The van der Waals surface area contributed by atoms with Crippen LogP contribution in [0.1, 0.15) is 34.1 Å². The maximum absolute atomic E-state index is 13.2. The molecule has 170 valence electrons. The van der Waals surface area contributed by atoms with Gasteiger partial charge in [-0.2, -0.15) is 26.3 Å². The molecule has 0 fully saturated rings. The molecule has 0 spiro atoms. The zero-order valence-electron chi connectivity index (χ0n) is 16.0. The van der Waals surface area contributed by atoms with Crippen LogP contribution in [0.4, 0.5) is 32.2 Å². The molecule has 0 N–H and O–H groups in total. The van der Waals surface area contributed by atoms with Crippen LogP contribution in [0.5, 0.6) is 0 Å². The predicted octanol–water partition coefficient (Wildman–Crippen LogP) is 3.72. The molecule has 7 nitrogen and oxygen atoms in total. The third-order valence-corrected chi connectivity index (χ3v) is 6.62. The maximum Gasteiger partial charge on any atom is 0.417 e. The number of alkyl halides is 6. The third kappa shape index (κ3) is 3.47. The van der Waals surface area contributed by atoms with E-state index in [2.05, 4.69) is 9.97 Å². The SMILES string of the molecule is CCS(=O)(=O)c1c(N2Cc3ncc(C(F)(F)F)cc3C2=O)nc2ccc(C(F)(F)F)cn12. The van der Waals surface area contributed by atoms with E-state index in [0.29, 0.717) is 28.9 Å². The number of carbonyl (C=O) groups excluding carboxylic acids is 1. The molecule has 4 heterocycles. The molecule has 1 aliphatic rings. The first-order valence-electron chi connectivity index (χ1n) is 8.94. The summed E-state index contributed by atoms with van der Waals surface area (Å²) in [6.07, 6.45) is -8.45. The summed E-state index contributed by atoms with van der Waals surface area (Å²) in [6.45, 7) is 0.860. The number of fused-ring (bicyclic) bond motifs is 2. The van der Waals surface area contributed by atoms with Crippen LogP contribution < -0.4 is 4.90 Å². The molecule has 1 aliphatic heterocycles. The number of aromatic nitrogens is 3. The van der Waals surface area contributed by atoms with E-state index in [1.807, 2.05) is 0 Å². The monoisotopic (exact) mass is 478 g/mol. The minimum atomic E-state index is -4.77. The summed E-state index contributed by atoms with van der Waals surface area (Å²) in [5, 5.41) is -0.668. The molecular weight excluding hydrogens is 466 g/mol. The van der Waals surface area contributed by atoms with Crippen LogP contribution in [-0.2, 0) is 28.7 Å². The standard InChI is InChI=1S/C18H12F6N4O3S/c1-2-32(30,31)16-14(26-13-4-3-9(7-27(13)16)17(19,20)21)28-8-12-11(15(28)29)5-10(6-25-12)18(22,23)24/h3-7H,2,8H2,1H3. The summed E-state index contributed by atoms with van der Waals surface area (Å²) in [5.41, 5.74) is -2.94. The van der Waals surface area contributed by atoms with Gasteiger partial charge in [0.2, 0.25) is 0 Å². The molecule has 0 unspecified atom stereocenters. The highest BCUT2D eigenvalue weighted by molar-refractivity contribution is 7.91. The van der Waals surface area contributed by atoms with Crippen molar-refractivity contribution < 1.29 is 39.6 Å². The van der Waals surface area contributed by atoms with Crippen molar-refractivity contribution in [3.05, 3.63) is 53.0 Å². The number of anilines is 1. The van der Waals surface area contributed by atoms with E-state index in [1.54, 1.807) is 0 Å². The number of pyridine rings is 2. The molecule has 3 aromatic heterocycles. The number of sulfone groups is 1. The average molecular weight is 478 g/mol. The van der Waals surface area contributed by atoms with Gasteiger partial charge in [-0.3, -0.25) is 19.1 Å². The van der Waals surface area contributed by atoms with Gasteiger partial charge >= 0.3 is 12.4 Å². The number of amides is 1. The van der Waals surface area contributed by atoms with Gasteiger partial charge in [0.15, 0.2) is 20.7 Å². The van der Waals surface area contributed by atoms with E-state index in [1.165, 1.54) is 6.92 Å². The van der Waals surface area contributed by atoms with Crippen molar-refractivity contribution >= 4 is 27.2 Å². The fourth-order valence-corrected chi connectivity index (χ4v) is 4.43. The summed E-state index contributed by atoms with van der Waals surface area (Å²) in [5.74, 6) is -2.00. The molecule has 0 radical (unpaired) electrons. The van der Waals surface area contributed by atoms with E-state index >= 15 is 0 Å². The van der Waals surface area contributed by atoms with Gasteiger partial charge in [-0.25, -0.2) is 13.4 Å². The normalized spacial score (nSPS) is 15.0. The Hall–Kier alpha value is -3.16. The highest BCUT2D eigenvalue weighted by Crippen LogP contribution is 2.37. The summed E-state index contributed by atoms with van der Waals surface area (Å²) < 4.78 is 105. The van der Waals surface area contributed by atoms with Crippen LogP contribution in [0.2, 0.25) is 0 Å². The lowest BCUT2D eigenvalue weighted by Crippen LogP contribution is -2.26. The predicted molar refractivity (Wildman–Crippen MR) is 97.7 cm³/mol. The first-order chi connectivity index (χ1) is 14.7. The van der Waals surface area contributed by atoms with Crippen molar-refractivity contribution in [1.82, 2.24) is 14.4 Å². The Morgan fingerprint density at radius 1 is 1.06 bits per heavy atom. The number of hydrogen-bond acceptors (Lipinski definition) is 5. The number of rotatable bonds is 3. The lowest BCUT2D eigenvalue weighted by molar-refractivity contribution is -0.138. The topological polar surface area (TPSA) is 84.6 Å². The van der Waals surface area contributed by atoms with E-state index in [0.717, 1.165) is 11.0 Å². The fraction of sp³-hybridized carbons (Fsp3) is 0.278. The number of nitrogens with zero attached hydrogens (tertiary/aromatic N) is 4. The van der Waals surface area contributed by atoms with Crippen molar-refractivity contribution in [1.29, 1.82) is 0 Å². The molecule has 0 saturated heterocycles. The second-order valence-electron chi connectivity index (χ2n) is 6.90. The van der Waals surface area contributed by atoms with Gasteiger partial charge in [0.1, 0.15) is 5.65 Å². The molecule has 4 rings (SSSR count). The van der Waals surface area contributed by atoms with Gasteiger partial charge in [-0.05, 0) is 18.2 Å². The summed E-state index contributed by atoms with van der Waals surface area (Å²) in [4.78, 5) is 21.3. The van der Waals surface area contributed by atoms with Gasteiger partial charge in [0.05, 0.1) is 34.7 Å². The molecule has 0 atom stereocenters. The van der Waals surface area contributed by atoms with Gasteiger partial charge < -0.3 is 0 Å². The van der Waals surface area contributed by atoms with Crippen LogP contribution >= 0.6 is 0 Å². The molecule has 14 heteroatoms. The van der Waals surface area contributed by atoms with E-state index in [-0.39, 0.29) is 11.3 Å². The van der Waals surface area contributed by atoms with E-state index < -0.39 is 67.9 Å².